The van der Waals surface area contributed by atoms with E-state index in [2.05, 4.69) is 10.5 Å². The first-order valence-corrected chi connectivity index (χ1v) is 9.48. The quantitative estimate of drug-likeness (QED) is 0.864. The Morgan fingerprint density at radius 2 is 2.08 bits per heavy atom. The van der Waals surface area contributed by atoms with Crippen LogP contribution in [0.1, 0.15) is 29.8 Å². The van der Waals surface area contributed by atoms with Crippen LogP contribution in [0.5, 0.6) is 11.5 Å². The van der Waals surface area contributed by atoms with E-state index in [-0.39, 0.29) is 11.9 Å². The van der Waals surface area contributed by atoms with Gasteiger partial charge in [0.1, 0.15) is 18.9 Å². The molecule has 0 fully saturated rings. The van der Waals surface area contributed by atoms with Crippen LogP contribution in [0.3, 0.4) is 0 Å². The number of oxime groups is 1. The number of halogens is 1. The highest BCUT2D eigenvalue weighted by atomic mass is 35.5. The second kappa shape index (κ2) is 7.17. The third-order valence-corrected chi connectivity index (χ3v) is 5.52. The van der Waals surface area contributed by atoms with E-state index in [0.717, 1.165) is 21.9 Å². The molecule has 0 saturated carbocycles. The molecule has 1 aromatic carbocycles. The first-order chi connectivity index (χ1) is 12.6. The molecular weight excluding hydrogens is 376 g/mol. The van der Waals surface area contributed by atoms with Crippen molar-refractivity contribution in [2.45, 2.75) is 25.5 Å². The van der Waals surface area contributed by atoms with Crippen LogP contribution in [0.2, 0.25) is 4.34 Å². The monoisotopic (exact) mass is 392 g/mol. The number of hydrogen-bond donors (Lipinski definition) is 1. The predicted octanol–water partition coefficient (Wildman–Crippen LogP) is 3.54. The SMILES string of the molecule is CC(NC(=O)C1CC(c2ccc(Cl)s2)=NO1)c1ccc2c(c1)OCCO2. The average molecular weight is 393 g/mol. The number of amides is 1. The Kier molecular flexibility index (Phi) is 4.74. The molecule has 1 amide bonds. The van der Waals surface area contributed by atoms with Crippen LogP contribution in [0.4, 0.5) is 0 Å². The zero-order valence-electron chi connectivity index (χ0n) is 14.0. The van der Waals surface area contributed by atoms with Gasteiger partial charge in [-0.1, -0.05) is 22.8 Å². The Balaban J connectivity index is 1.38. The van der Waals surface area contributed by atoms with E-state index in [0.29, 0.717) is 29.7 Å². The second-order valence-electron chi connectivity index (χ2n) is 6.07. The van der Waals surface area contributed by atoms with Gasteiger partial charge in [0.2, 0.25) is 6.10 Å². The minimum Gasteiger partial charge on any atom is -0.486 e. The molecule has 2 aromatic rings. The Hall–Kier alpha value is -2.25. The zero-order valence-corrected chi connectivity index (χ0v) is 15.6. The number of thiophene rings is 1. The Labute approximate surface area is 159 Å². The lowest BCUT2D eigenvalue weighted by Crippen LogP contribution is -2.36. The van der Waals surface area contributed by atoms with Gasteiger partial charge in [0.05, 0.1) is 15.3 Å². The smallest absolute Gasteiger partial charge is 0.264 e. The Morgan fingerprint density at radius 1 is 1.27 bits per heavy atom. The van der Waals surface area contributed by atoms with Gasteiger partial charge in [0, 0.05) is 6.42 Å². The van der Waals surface area contributed by atoms with Crippen molar-refractivity contribution in [2.24, 2.45) is 5.16 Å². The van der Waals surface area contributed by atoms with Crippen molar-refractivity contribution in [1.82, 2.24) is 5.32 Å². The maximum absolute atomic E-state index is 12.5. The lowest BCUT2D eigenvalue weighted by atomic mass is 10.1. The molecular formula is C18H17ClN2O4S. The molecule has 136 valence electrons. The third-order valence-electron chi connectivity index (χ3n) is 4.24. The molecule has 1 aromatic heterocycles. The maximum Gasteiger partial charge on any atom is 0.264 e. The van der Waals surface area contributed by atoms with Gasteiger partial charge in [0.15, 0.2) is 11.5 Å². The highest BCUT2D eigenvalue weighted by Gasteiger charge is 2.30. The van der Waals surface area contributed by atoms with E-state index in [9.17, 15) is 4.79 Å². The van der Waals surface area contributed by atoms with E-state index < -0.39 is 6.10 Å². The van der Waals surface area contributed by atoms with Gasteiger partial charge in [-0.15, -0.1) is 11.3 Å². The molecule has 2 aliphatic rings. The van der Waals surface area contributed by atoms with Crippen molar-refractivity contribution in [3.63, 3.8) is 0 Å². The summed E-state index contributed by atoms with van der Waals surface area (Å²) in [6.07, 6.45) is -0.207. The van der Waals surface area contributed by atoms with E-state index in [1.807, 2.05) is 31.2 Å². The predicted molar refractivity (Wildman–Crippen MR) is 99.3 cm³/mol. The molecule has 2 aliphatic heterocycles. The number of nitrogens with zero attached hydrogens (tertiary/aromatic N) is 1. The molecule has 6 nitrogen and oxygen atoms in total. The largest absolute Gasteiger partial charge is 0.486 e. The minimum atomic E-state index is -0.634. The number of carbonyl (C=O) groups excluding carboxylic acids is 1. The number of fused-ring (bicyclic) bond motifs is 1. The average Bonchev–Trinajstić information content (AvgIpc) is 3.30. The molecule has 8 heteroatoms. The lowest BCUT2D eigenvalue weighted by Gasteiger charge is -2.21. The number of nitrogens with one attached hydrogen (secondary N) is 1. The topological polar surface area (TPSA) is 69.2 Å². The van der Waals surface area contributed by atoms with Crippen molar-refractivity contribution in [1.29, 1.82) is 0 Å². The summed E-state index contributed by atoms with van der Waals surface area (Å²) in [5, 5.41) is 7.00. The maximum atomic E-state index is 12.5. The summed E-state index contributed by atoms with van der Waals surface area (Å²) in [7, 11) is 0. The number of rotatable bonds is 4. The normalized spacial score (nSPS) is 19.5. The first kappa shape index (κ1) is 17.2. The van der Waals surface area contributed by atoms with Crippen LogP contribution in [0, 0.1) is 0 Å². The fourth-order valence-electron chi connectivity index (χ4n) is 2.85. The summed E-state index contributed by atoms with van der Waals surface area (Å²) in [6, 6.07) is 9.17. The van der Waals surface area contributed by atoms with Crippen LogP contribution >= 0.6 is 22.9 Å². The highest BCUT2D eigenvalue weighted by Crippen LogP contribution is 2.33. The third kappa shape index (κ3) is 3.50. The van der Waals surface area contributed by atoms with Gasteiger partial charge in [-0.3, -0.25) is 4.79 Å². The van der Waals surface area contributed by atoms with Gasteiger partial charge in [0.25, 0.3) is 5.91 Å². The van der Waals surface area contributed by atoms with Gasteiger partial charge in [-0.2, -0.15) is 0 Å². The molecule has 26 heavy (non-hydrogen) atoms. The fraction of sp³-hybridized carbons (Fsp3) is 0.333. The summed E-state index contributed by atoms with van der Waals surface area (Å²) in [4.78, 5) is 18.7. The minimum absolute atomic E-state index is 0.192. The Morgan fingerprint density at radius 3 is 2.85 bits per heavy atom. The molecule has 0 saturated heterocycles. The van der Waals surface area contributed by atoms with Crippen molar-refractivity contribution >= 4 is 34.6 Å². The van der Waals surface area contributed by atoms with Crippen LogP contribution < -0.4 is 14.8 Å². The zero-order chi connectivity index (χ0) is 18.1. The summed E-state index contributed by atoms with van der Waals surface area (Å²) >= 11 is 7.37. The summed E-state index contributed by atoms with van der Waals surface area (Å²) in [5.74, 6) is 1.23. The fourth-order valence-corrected chi connectivity index (χ4v) is 3.88. The van der Waals surface area contributed by atoms with Crippen LogP contribution in [-0.2, 0) is 9.63 Å². The molecule has 2 atom stereocenters. The van der Waals surface area contributed by atoms with Crippen molar-refractivity contribution in [2.75, 3.05) is 13.2 Å². The molecule has 3 heterocycles. The number of benzene rings is 1. The standard InChI is InChI=1S/C18H17ClN2O4S/c1-10(11-2-3-13-14(8-11)24-7-6-23-13)20-18(22)15-9-12(21-25-15)16-4-5-17(19)26-16/h2-5,8,10,15H,6-7,9H2,1H3,(H,20,22). The molecule has 2 unspecified atom stereocenters. The van der Waals surface area contributed by atoms with Gasteiger partial charge < -0.3 is 19.6 Å². The number of carbonyl (C=O) groups is 1. The van der Waals surface area contributed by atoms with Crippen molar-refractivity contribution in [3.05, 3.63) is 45.1 Å². The molecule has 0 radical (unpaired) electrons. The molecule has 0 bridgehead atoms. The van der Waals surface area contributed by atoms with E-state index in [4.69, 9.17) is 25.9 Å². The number of ether oxygens (including phenoxy) is 2. The first-order valence-electron chi connectivity index (χ1n) is 8.28. The van der Waals surface area contributed by atoms with Crippen LogP contribution in [0.15, 0.2) is 35.5 Å². The van der Waals surface area contributed by atoms with E-state index in [1.54, 1.807) is 6.07 Å². The summed E-state index contributed by atoms with van der Waals surface area (Å²) in [5.41, 5.74) is 1.68. The molecule has 4 rings (SSSR count). The summed E-state index contributed by atoms with van der Waals surface area (Å²) < 4.78 is 11.8. The van der Waals surface area contributed by atoms with Gasteiger partial charge >= 0.3 is 0 Å². The van der Waals surface area contributed by atoms with Crippen molar-refractivity contribution in [3.8, 4) is 11.5 Å². The van der Waals surface area contributed by atoms with E-state index in [1.165, 1.54) is 11.3 Å². The highest BCUT2D eigenvalue weighted by molar-refractivity contribution is 7.18. The molecule has 0 aliphatic carbocycles. The molecule has 0 spiro atoms. The number of hydrogen-bond acceptors (Lipinski definition) is 6. The lowest BCUT2D eigenvalue weighted by molar-refractivity contribution is -0.131. The second-order valence-corrected chi connectivity index (χ2v) is 7.79. The Bertz CT molecular complexity index is 867. The van der Waals surface area contributed by atoms with Crippen LogP contribution in [-0.4, -0.2) is 30.9 Å². The van der Waals surface area contributed by atoms with Gasteiger partial charge in [-0.25, -0.2) is 0 Å². The van der Waals surface area contributed by atoms with E-state index >= 15 is 0 Å². The molecule has 1 N–H and O–H groups in total. The van der Waals surface area contributed by atoms with Crippen molar-refractivity contribution < 1.29 is 19.1 Å². The summed E-state index contributed by atoms with van der Waals surface area (Å²) in [6.45, 7) is 2.99. The van der Waals surface area contributed by atoms with Gasteiger partial charge in [-0.05, 0) is 36.8 Å². The van der Waals surface area contributed by atoms with Crippen LogP contribution in [0.25, 0.3) is 0 Å².